The molecule has 1 saturated carbocycles. The molecule has 1 aromatic carbocycles. The molecule has 1 aliphatic rings. The molecule has 0 heterocycles. The van der Waals surface area contributed by atoms with Crippen LogP contribution in [-0.2, 0) is 6.18 Å². The van der Waals surface area contributed by atoms with Crippen molar-refractivity contribution in [1.82, 2.24) is 4.90 Å². The van der Waals surface area contributed by atoms with E-state index in [1.165, 1.54) is 23.1 Å². The normalized spacial score (nSPS) is 15.7. The molecule has 2 rings (SSSR count). The summed E-state index contributed by atoms with van der Waals surface area (Å²) in [5.74, 6) is -0.712. The number of carbonyl (C=O) groups excluding carboxylic acids is 1. The van der Waals surface area contributed by atoms with Crippen LogP contribution in [0.5, 0.6) is 0 Å². The van der Waals surface area contributed by atoms with E-state index in [1.54, 1.807) is 0 Å². The number of benzene rings is 1. The number of amides is 1. The van der Waals surface area contributed by atoms with E-state index in [0.717, 1.165) is 31.7 Å². The summed E-state index contributed by atoms with van der Waals surface area (Å²) in [4.78, 5) is 13.7. The van der Waals surface area contributed by atoms with Crippen molar-refractivity contribution in [2.75, 3.05) is 6.54 Å². The Morgan fingerprint density at radius 2 is 1.90 bits per heavy atom. The third kappa shape index (κ3) is 3.35. The summed E-state index contributed by atoms with van der Waals surface area (Å²) >= 11 is 0. The van der Waals surface area contributed by atoms with Gasteiger partial charge in [-0.15, -0.1) is 0 Å². The minimum atomic E-state index is -4.58. The fourth-order valence-electron chi connectivity index (χ4n) is 2.73. The molecule has 1 aliphatic carbocycles. The van der Waals surface area contributed by atoms with Crippen molar-refractivity contribution in [3.05, 3.63) is 35.4 Å². The van der Waals surface area contributed by atoms with E-state index in [1.807, 2.05) is 6.07 Å². The monoisotopic (exact) mass is 296 g/mol. The van der Waals surface area contributed by atoms with Crippen LogP contribution in [0, 0.1) is 11.3 Å². The molecule has 1 fully saturated rings. The summed E-state index contributed by atoms with van der Waals surface area (Å²) in [5, 5.41) is 8.86. The van der Waals surface area contributed by atoms with E-state index in [0.29, 0.717) is 0 Å². The van der Waals surface area contributed by atoms with Gasteiger partial charge in [0, 0.05) is 6.04 Å². The van der Waals surface area contributed by atoms with E-state index in [2.05, 4.69) is 0 Å². The quantitative estimate of drug-likeness (QED) is 0.800. The first-order valence-electron chi connectivity index (χ1n) is 6.79. The second kappa shape index (κ2) is 6.17. The van der Waals surface area contributed by atoms with Crippen LogP contribution >= 0.6 is 0 Å². The van der Waals surface area contributed by atoms with E-state index < -0.39 is 17.6 Å². The Morgan fingerprint density at radius 3 is 2.48 bits per heavy atom. The Balaban J connectivity index is 2.35. The van der Waals surface area contributed by atoms with Crippen LogP contribution in [0.4, 0.5) is 13.2 Å². The number of halogens is 3. The fraction of sp³-hybridized carbons (Fsp3) is 0.467. The molecule has 6 heteroatoms. The molecule has 0 aromatic heterocycles. The van der Waals surface area contributed by atoms with Gasteiger partial charge < -0.3 is 4.90 Å². The molecule has 21 heavy (non-hydrogen) atoms. The standard InChI is InChI=1S/C15H15F3N2O/c16-15(17,18)13-8-4-3-7-12(13)14(21)20(10-9-19)11-5-1-2-6-11/h3-4,7-8,11H,1-2,5-6,10H2. The number of hydrogen-bond donors (Lipinski definition) is 0. The summed E-state index contributed by atoms with van der Waals surface area (Å²) < 4.78 is 39.0. The molecular formula is C15H15F3N2O. The molecule has 1 aromatic rings. The highest BCUT2D eigenvalue weighted by Gasteiger charge is 2.37. The van der Waals surface area contributed by atoms with Gasteiger partial charge in [-0.2, -0.15) is 18.4 Å². The van der Waals surface area contributed by atoms with Crippen molar-refractivity contribution >= 4 is 5.91 Å². The molecule has 0 bridgehead atoms. The van der Waals surface area contributed by atoms with E-state index in [9.17, 15) is 18.0 Å². The molecule has 0 radical (unpaired) electrons. The third-order valence-electron chi connectivity index (χ3n) is 3.73. The van der Waals surface area contributed by atoms with Gasteiger partial charge in [-0.1, -0.05) is 25.0 Å². The second-order valence-electron chi connectivity index (χ2n) is 5.07. The van der Waals surface area contributed by atoms with Crippen LogP contribution < -0.4 is 0 Å². The number of carbonyl (C=O) groups is 1. The molecule has 0 atom stereocenters. The van der Waals surface area contributed by atoms with Gasteiger partial charge in [0.1, 0.15) is 6.54 Å². The van der Waals surface area contributed by atoms with Crippen molar-refractivity contribution in [3.8, 4) is 6.07 Å². The number of nitriles is 1. The lowest BCUT2D eigenvalue weighted by Crippen LogP contribution is -2.40. The van der Waals surface area contributed by atoms with Crippen molar-refractivity contribution in [2.45, 2.75) is 37.9 Å². The summed E-state index contributed by atoms with van der Waals surface area (Å²) in [7, 11) is 0. The van der Waals surface area contributed by atoms with Crippen LogP contribution in [0.3, 0.4) is 0 Å². The van der Waals surface area contributed by atoms with Crippen molar-refractivity contribution in [3.63, 3.8) is 0 Å². The molecule has 0 unspecified atom stereocenters. The first-order valence-corrected chi connectivity index (χ1v) is 6.79. The van der Waals surface area contributed by atoms with E-state index in [4.69, 9.17) is 5.26 Å². The van der Waals surface area contributed by atoms with Gasteiger partial charge in [0.2, 0.25) is 0 Å². The molecule has 0 N–H and O–H groups in total. The molecule has 3 nitrogen and oxygen atoms in total. The van der Waals surface area contributed by atoms with Crippen molar-refractivity contribution < 1.29 is 18.0 Å². The van der Waals surface area contributed by atoms with Gasteiger partial charge in [0.25, 0.3) is 5.91 Å². The van der Waals surface area contributed by atoms with Crippen molar-refractivity contribution in [1.29, 1.82) is 5.26 Å². The largest absolute Gasteiger partial charge is 0.417 e. The van der Waals surface area contributed by atoms with Crippen LogP contribution in [0.15, 0.2) is 24.3 Å². The maximum absolute atomic E-state index is 13.0. The van der Waals surface area contributed by atoms with Crippen LogP contribution in [-0.4, -0.2) is 23.4 Å². The van der Waals surface area contributed by atoms with Gasteiger partial charge in [-0.3, -0.25) is 4.79 Å². The van der Waals surface area contributed by atoms with Gasteiger partial charge in [0.15, 0.2) is 0 Å². The number of rotatable bonds is 3. The summed E-state index contributed by atoms with van der Waals surface area (Å²) in [6, 6.07) is 6.46. The Kier molecular flexibility index (Phi) is 4.51. The predicted molar refractivity (Wildman–Crippen MR) is 70.3 cm³/mol. The van der Waals surface area contributed by atoms with Crippen LogP contribution in [0.25, 0.3) is 0 Å². The maximum atomic E-state index is 13.0. The topological polar surface area (TPSA) is 44.1 Å². The maximum Gasteiger partial charge on any atom is 0.417 e. The highest BCUT2D eigenvalue weighted by Crippen LogP contribution is 2.33. The first-order chi connectivity index (χ1) is 9.95. The summed E-state index contributed by atoms with van der Waals surface area (Å²) in [6.45, 7) is -0.185. The average Bonchev–Trinajstić information content (AvgIpc) is 2.97. The van der Waals surface area contributed by atoms with E-state index in [-0.39, 0.29) is 18.2 Å². The highest BCUT2D eigenvalue weighted by molar-refractivity contribution is 5.96. The SMILES string of the molecule is N#CCN(C(=O)c1ccccc1C(F)(F)F)C1CCCC1. The van der Waals surface area contributed by atoms with Gasteiger partial charge in [-0.05, 0) is 25.0 Å². The lowest BCUT2D eigenvalue weighted by Gasteiger charge is -2.27. The number of hydrogen-bond acceptors (Lipinski definition) is 2. The Hall–Kier alpha value is -2.03. The predicted octanol–water partition coefficient (Wildman–Crippen LogP) is 3.61. The average molecular weight is 296 g/mol. The number of nitrogens with zero attached hydrogens (tertiary/aromatic N) is 2. The molecular weight excluding hydrogens is 281 g/mol. The molecule has 112 valence electrons. The Morgan fingerprint density at radius 1 is 1.29 bits per heavy atom. The minimum Gasteiger partial charge on any atom is -0.322 e. The summed E-state index contributed by atoms with van der Waals surface area (Å²) in [5.41, 5.74) is -1.33. The summed E-state index contributed by atoms with van der Waals surface area (Å²) in [6.07, 6.45) is -1.25. The number of alkyl halides is 3. The van der Waals surface area contributed by atoms with Crippen LogP contribution in [0.1, 0.15) is 41.6 Å². The van der Waals surface area contributed by atoms with Gasteiger partial charge >= 0.3 is 6.18 Å². The van der Waals surface area contributed by atoms with Crippen LogP contribution in [0.2, 0.25) is 0 Å². The van der Waals surface area contributed by atoms with Crippen molar-refractivity contribution in [2.24, 2.45) is 0 Å². The Bertz CT molecular complexity index is 557. The van der Waals surface area contributed by atoms with E-state index >= 15 is 0 Å². The first kappa shape index (κ1) is 15.4. The minimum absolute atomic E-state index is 0.140. The lowest BCUT2D eigenvalue weighted by molar-refractivity contribution is -0.138. The fourth-order valence-corrected chi connectivity index (χ4v) is 2.73. The zero-order valence-corrected chi connectivity index (χ0v) is 11.4. The lowest BCUT2D eigenvalue weighted by atomic mass is 10.0. The molecule has 0 aliphatic heterocycles. The van der Waals surface area contributed by atoms with Gasteiger partial charge in [0.05, 0.1) is 17.2 Å². The molecule has 0 saturated heterocycles. The highest BCUT2D eigenvalue weighted by atomic mass is 19.4. The third-order valence-corrected chi connectivity index (χ3v) is 3.73. The molecule has 1 amide bonds. The zero-order valence-electron chi connectivity index (χ0n) is 11.4. The zero-order chi connectivity index (χ0) is 15.5. The second-order valence-corrected chi connectivity index (χ2v) is 5.07. The Labute approximate surface area is 121 Å². The molecule has 0 spiro atoms. The smallest absolute Gasteiger partial charge is 0.322 e. The van der Waals surface area contributed by atoms with Gasteiger partial charge in [-0.25, -0.2) is 0 Å².